The Morgan fingerprint density at radius 3 is 2.69 bits per heavy atom. The molecule has 1 saturated carbocycles. The van der Waals surface area contributed by atoms with E-state index in [9.17, 15) is 13.2 Å². The molecule has 2 heterocycles. The maximum atomic E-state index is 12.7. The number of aromatic nitrogens is 2. The first-order valence-electron chi connectivity index (χ1n) is 8.81. The van der Waals surface area contributed by atoms with E-state index in [1.54, 1.807) is 22.9 Å². The van der Waals surface area contributed by atoms with Crippen molar-refractivity contribution in [2.75, 3.05) is 5.32 Å². The van der Waals surface area contributed by atoms with Gasteiger partial charge in [0.25, 0.3) is 0 Å². The summed E-state index contributed by atoms with van der Waals surface area (Å²) in [4.78, 5) is 12.7. The van der Waals surface area contributed by atoms with E-state index in [0.717, 1.165) is 32.1 Å². The zero-order chi connectivity index (χ0) is 18.3. The summed E-state index contributed by atoms with van der Waals surface area (Å²) < 4.78 is 25.6. The molecule has 4 rings (SSSR count). The van der Waals surface area contributed by atoms with Crippen LogP contribution >= 0.6 is 11.6 Å². The van der Waals surface area contributed by atoms with Crippen LogP contribution in [0.4, 0.5) is 5.82 Å². The Morgan fingerprint density at radius 2 is 1.96 bits per heavy atom. The van der Waals surface area contributed by atoms with E-state index in [-0.39, 0.29) is 23.3 Å². The summed E-state index contributed by atoms with van der Waals surface area (Å²) in [5.74, 6) is 0.185. The summed E-state index contributed by atoms with van der Waals surface area (Å²) in [6.07, 6.45) is 5.02. The van der Waals surface area contributed by atoms with Crippen molar-refractivity contribution in [2.45, 2.75) is 43.6 Å². The van der Waals surface area contributed by atoms with Gasteiger partial charge in [-0.15, -0.1) is 0 Å². The highest BCUT2D eigenvalue weighted by Gasteiger charge is 2.34. The highest BCUT2D eigenvalue weighted by molar-refractivity contribution is 7.90. The van der Waals surface area contributed by atoms with Gasteiger partial charge in [-0.1, -0.05) is 36.9 Å². The quantitative estimate of drug-likeness (QED) is 0.865. The molecule has 26 heavy (non-hydrogen) atoms. The molecule has 8 heteroatoms. The molecule has 1 aliphatic carbocycles. The molecule has 1 aromatic carbocycles. The zero-order valence-corrected chi connectivity index (χ0v) is 15.8. The molecule has 2 aliphatic rings. The Kier molecular flexibility index (Phi) is 4.52. The van der Waals surface area contributed by atoms with Crippen molar-refractivity contribution >= 4 is 33.2 Å². The van der Waals surface area contributed by atoms with Gasteiger partial charge in [0.15, 0.2) is 9.84 Å². The summed E-state index contributed by atoms with van der Waals surface area (Å²) in [5, 5.41) is 7.98. The molecule has 0 unspecified atom stereocenters. The number of fused-ring (bicyclic) bond motifs is 1. The molecular formula is C18H20ClN3O3S. The minimum Gasteiger partial charge on any atom is -0.310 e. The third-order valence-corrected chi connectivity index (χ3v) is 6.73. The number of rotatable bonds is 3. The van der Waals surface area contributed by atoms with Gasteiger partial charge < -0.3 is 5.32 Å². The molecule has 0 saturated heterocycles. The molecule has 0 atom stereocenters. The molecule has 2 aromatic rings. The summed E-state index contributed by atoms with van der Waals surface area (Å²) in [6.45, 7) is 0. The Balaban J connectivity index is 1.72. The molecular weight excluding hydrogens is 374 g/mol. The molecule has 1 N–H and O–H groups in total. The summed E-state index contributed by atoms with van der Waals surface area (Å²) in [5.41, 5.74) is 1.79. The molecule has 1 aromatic heterocycles. The fourth-order valence-electron chi connectivity index (χ4n) is 3.75. The number of carbonyl (C=O) groups is 1. The van der Waals surface area contributed by atoms with Crippen LogP contribution in [0.15, 0.2) is 24.3 Å². The largest absolute Gasteiger partial charge is 0.310 e. The van der Waals surface area contributed by atoms with Crippen LogP contribution in [0, 0.1) is 5.92 Å². The number of sulfone groups is 1. The Hall–Kier alpha value is -1.86. The van der Waals surface area contributed by atoms with Gasteiger partial charge in [-0.3, -0.25) is 4.79 Å². The van der Waals surface area contributed by atoms with Crippen LogP contribution in [-0.2, 0) is 26.1 Å². The predicted molar refractivity (Wildman–Crippen MR) is 100 cm³/mol. The van der Waals surface area contributed by atoms with Crippen LogP contribution < -0.4 is 5.32 Å². The van der Waals surface area contributed by atoms with Crippen molar-refractivity contribution in [3.63, 3.8) is 0 Å². The maximum absolute atomic E-state index is 12.7. The summed E-state index contributed by atoms with van der Waals surface area (Å²) in [7, 11) is -3.21. The second-order valence-electron chi connectivity index (χ2n) is 7.02. The normalized spacial score (nSPS) is 19.3. The van der Waals surface area contributed by atoms with Crippen LogP contribution in [-0.4, -0.2) is 24.1 Å². The second-order valence-corrected chi connectivity index (χ2v) is 9.52. The van der Waals surface area contributed by atoms with E-state index in [4.69, 9.17) is 11.6 Å². The number of benzene rings is 1. The minimum absolute atomic E-state index is 0.0277. The first-order valence-corrected chi connectivity index (χ1v) is 11.0. The lowest BCUT2D eigenvalue weighted by molar-refractivity contribution is -0.120. The van der Waals surface area contributed by atoms with Crippen LogP contribution in [0.1, 0.15) is 43.4 Å². The lowest BCUT2D eigenvalue weighted by Crippen LogP contribution is -2.26. The molecule has 0 bridgehead atoms. The molecule has 6 nitrogen and oxygen atoms in total. The molecule has 1 fully saturated rings. The molecule has 138 valence electrons. The first kappa shape index (κ1) is 17.5. The number of halogens is 1. The highest BCUT2D eigenvalue weighted by Crippen LogP contribution is 2.34. The number of amides is 1. The van der Waals surface area contributed by atoms with E-state index in [1.807, 2.05) is 6.07 Å². The number of hydrogen-bond acceptors (Lipinski definition) is 4. The van der Waals surface area contributed by atoms with Gasteiger partial charge in [0, 0.05) is 16.5 Å². The second kappa shape index (κ2) is 6.70. The molecule has 0 radical (unpaired) electrons. The average Bonchev–Trinajstić information content (AvgIpc) is 3.08. The maximum Gasteiger partial charge on any atom is 0.228 e. The highest BCUT2D eigenvalue weighted by atomic mass is 35.5. The Morgan fingerprint density at radius 1 is 1.19 bits per heavy atom. The lowest BCUT2D eigenvalue weighted by atomic mass is 9.88. The Bertz CT molecular complexity index is 962. The predicted octanol–water partition coefficient (Wildman–Crippen LogP) is 3.47. The van der Waals surface area contributed by atoms with Crippen LogP contribution in [0.5, 0.6) is 0 Å². The molecule has 1 amide bonds. The third-order valence-electron chi connectivity index (χ3n) is 5.06. The van der Waals surface area contributed by atoms with Crippen LogP contribution in [0.3, 0.4) is 0 Å². The van der Waals surface area contributed by atoms with Crippen molar-refractivity contribution in [1.29, 1.82) is 0 Å². The van der Waals surface area contributed by atoms with Crippen molar-refractivity contribution in [3.8, 4) is 5.69 Å². The molecule has 1 aliphatic heterocycles. The van der Waals surface area contributed by atoms with E-state index in [0.29, 0.717) is 27.8 Å². The summed E-state index contributed by atoms with van der Waals surface area (Å²) >= 11 is 6.09. The van der Waals surface area contributed by atoms with Crippen LogP contribution in [0.25, 0.3) is 5.69 Å². The van der Waals surface area contributed by atoms with Gasteiger partial charge in [0.05, 0.1) is 22.9 Å². The molecule has 0 spiro atoms. The van der Waals surface area contributed by atoms with Gasteiger partial charge in [0.2, 0.25) is 5.91 Å². The monoisotopic (exact) mass is 393 g/mol. The number of nitrogens with one attached hydrogen (secondary N) is 1. The topological polar surface area (TPSA) is 81.1 Å². The van der Waals surface area contributed by atoms with Gasteiger partial charge in [0.1, 0.15) is 5.82 Å². The van der Waals surface area contributed by atoms with Crippen LogP contribution in [0.2, 0.25) is 5.02 Å². The lowest BCUT2D eigenvalue weighted by Gasteiger charge is -2.21. The van der Waals surface area contributed by atoms with E-state index < -0.39 is 9.84 Å². The first-order chi connectivity index (χ1) is 12.4. The van der Waals surface area contributed by atoms with Crippen molar-refractivity contribution in [3.05, 3.63) is 40.5 Å². The standard InChI is InChI=1S/C18H20ClN3O3S/c19-13-7-4-8-14(9-13)22-17(15-10-26(24,25)11-16(15)21-22)20-18(23)12-5-2-1-3-6-12/h4,7-9,12H,1-3,5-6,10-11H2,(H,20,23). The van der Waals surface area contributed by atoms with Crippen molar-refractivity contribution < 1.29 is 13.2 Å². The van der Waals surface area contributed by atoms with E-state index >= 15 is 0 Å². The number of carbonyl (C=O) groups excluding carboxylic acids is 1. The van der Waals surface area contributed by atoms with Gasteiger partial charge in [-0.2, -0.15) is 5.10 Å². The SMILES string of the molecule is O=C(Nc1c2c(nn1-c1cccc(Cl)c1)CS(=O)(=O)C2)C1CCCCC1. The van der Waals surface area contributed by atoms with Crippen molar-refractivity contribution in [1.82, 2.24) is 9.78 Å². The van der Waals surface area contributed by atoms with Gasteiger partial charge in [-0.05, 0) is 31.0 Å². The number of hydrogen-bond donors (Lipinski definition) is 1. The Labute approximate surface area is 157 Å². The van der Waals surface area contributed by atoms with Gasteiger partial charge in [-0.25, -0.2) is 13.1 Å². The number of anilines is 1. The minimum atomic E-state index is -3.21. The van der Waals surface area contributed by atoms with E-state index in [2.05, 4.69) is 10.4 Å². The van der Waals surface area contributed by atoms with Crippen molar-refractivity contribution in [2.24, 2.45) is 5.92 Å². The van der Waals surface area contributed by atoms with E-state index in [1.165, 1.54) is 0 Å². The average molecular weight is 394 g/mol. The third kappa shape index (κ3) is 3.38. The summed E-state index contributed by atoms with van der Waals surface area (Å²) in [6, 6.07) is 7.13. The fraction of sp³-hybridized carbons (Fsp3) is 0.444. The zero-order valence-electron chi connectivity index (χ0n) is 14.2. The van der Waals surface area contributed by atoms with Gasteiger partial charge >= 0.3 is 0 Å². The number of nitrogens with zero attached hydrogens (tertiary/aromatic N) is 2. The fourth-order valence-corrected chi connectivity index (χ4v) is 5.43. The smallest absolute Gasteiger partial charge is 0.228 e.